The van der Waals surface area contributed by atoms with E-state index in [9.17, 15) is 19.6 Å². The largest absolute Gasteiger partial charge is 0.457 e. The molecule has 0 fully saturated rings. The molecular weight excluding hydrogens is 333 g/mol. The molecule has 7 heteroatoms. The van der Waals surface area contributed by atoms with Crippen LogP contribution >= 0.6 is 15.9 Å². The highest BCUT2D eigenvalue weighted by Crippen LogP contribution is 2.30. The van der Waals surface area contributed by atoms with Gasteiger partial charge in [-0.25, -0.2) is 0 Å². The Labute approximate surface area is 121 Å². The van der Waals surface area contributed by atoms with Crippen LogP contribution in [-0.4, -0.2) is 10.0 Å². The summed E-state index contributed by atoms with van der Waals surface area (Å²) in [6, 6.07) is 8.26. The third-order valence-electron chi connectivity index (χ3n) is 2.54. The average Bonchev–Trinajstić information content (AvgIpc) is 2.38. The smallest absolute Gasteiger partial charge is 0.305 e. The van der Waals surface area contributed by atoms with Gasteiger partial charge in [-0.05, 0) is 18.2 Å². The van der Waals surface area contributed by atoms with Gasteiger partial charge < -0.3 is 9.84 Å². The van der Waals surface area contributed by atoms with Gasteiger partial charge in [-0.3, -0.25) is 10.1 Å². The van der Waals surface area contributed by atoms with E-state index in [1.165, 1.54) is 6.07 Å². The predicted molar refractivity (Wildman–Crippen MR) is 73.2 cm³/mol. The molecule has 0 saturated heterocycles. The first-order chi connectivity index (χ1) is 9.51. The van der Waals surface area contributed by atoms with Gasteiger partial charge in [0.05, 0.1) is 11.5 Å². The lowest BCUT2D eigenvalue weighted by Gasteiger charge is -2.10. The number of nitrogens with zero attached hydrogens (tertiary/aromatic N) is 1. The summed E-state index contributed by atoms with van der Waals surface area (Å²) in [5, 5.41) is 19.7. The van der Waals surface area contributed by atoms with Crippen LogP contribution in [-0.2, 0) is 6.61 Å². The van der Waals surface area contributed by atoms with Crippen LogP contribution in [0.1, 0.15) is 5.56 Å². The molecule has 5 nitrogen and oxygen atoms in total. The zero-order chi connectivity index (χ0) is 14.7. The normalized spacial score (nSPS) is 10.3. The van der Waals surface area contributed by atoms with Gasteiger partial charge >= 0.3 is 5.69 Å². The molecule has 0 amide bonds. The summed E-state index contributed by atoms with van der Waals surface area (Å²) in [6.07, 6.45) is 0. The second-order valence-corrected chi connectivity index (χ2v) is 4.80. The summed E-state index contributed by atoms with van der Waals surface area (Å²) >= 11 is 3.26. The molecule has 0 aromatic heterocycles. The van der Waals surface area contributed by atoms with E-state index in [2.05, 4.69) is 15.9 Å². The van der Waals surface area contributed by atoms with Gasteiger partial charge in [0.15, 0.2) is 0 Å². The van der Waals surface area contributed by atoms with Crippen molar-refractivity contribution in [3.8, 4) is 11.5 Å². The standard InChI is InChI=1S/C13H9BrFNO4/c14-9-2-1-8(7-17)13(5-9)20-10-3-4-12(16(18)19)11(15)6-10/h1-6,17H,7H2. The van der Waals surface area contributed by atoms with Crippen molar-refractivity contribution >= 4 is 21.6 Å². The number of nitro groups is 1. The lowest BCUT2D eigenvalue weighted by Crippen LogP contribution is -1.95. The van der Waals surface area contributed by atoms with Gasteiger partial charge in [-0.1, -0.05) is 22.0 Å². The Hall–Kier alpha value is -1.99. The van der Waals surface area contributed by atoms with Crippen molar-refractivity contribution in [1.29, 1.82) is 0 Å². The zero-order valence-corrected chi connectivity index (χ0v) is 11.6. The lowest BCUT2D eigenvalue weighted by atomic mass is 10.2. The van der Waals surface area contributed by atoms with Crippen molar-refractivity contribution in [3.63, 3.8) is 0 Å². The van der Waals surface area contributed by atoms with Gasteiger partial charge in [0.25, 0.3) is 0 Å². The monoisotopic (exact) mass is 341 g/mol. The number of rotatable bonds is 4. The highest BCUT2D eigenvalue weighted by molar-refractivity contribution is 9.10. The maximum Gasteiger partial charge on any atom is 0.305 e. The molecule has 2 aromatic rings. The Kier molecular flexibility index (Phi) is 4.31. The molecule has 2 aromatic carbocycles. The summed E-state index contributed by atoms with van der Waals surface area (Å²) in [5.41, 5.74) is -0.0964. The molecule has 0 spiro atoms. The molecule has 0 bridgehead atoms. The first-order valence-corrected chi connectivity index (χ1v) is 6.31. The van der Waals surface area contributed by atoms with Crippen molar-refractivity contribution in [2.24, 2.45) is 0 Å². The van der Waals surface area contributed by atoms with Crippen LogP contribution in [0.15, 0.2) is 40.9 Å². The minimum atomic E-state index is -0.979. The number of benzene rings is 2. The predicted octanol–water partition coefficient (Wildman–Crippen LogP) is 3.78. The SMILES string of the molecule is O=[N+]([O-])c1ccc(Oc2cc(Br)ccc2CO)cc1F. The van der Waals surface area contributed by atoms with Crippen LogP contribution < -0.4 is 4.74 Å². The molecule has 0 aliphatic heterocycles. The number of hydrogen-bond donors (Lipinski definition) is 1. The van der Waals surface area contributed by atoms with Crippen molar-refractivity contribution in [2.45, 2.75) is 6.61 Å². The van der Waals surface area contributed by atoms with E-state index >= 15 is 0 Å². The number of hydrogen-bond acceptors (Lipinski definition) is 4. The van der Waals surface area contributed by atoms with Gasteiger partial charge in [0.1, 0.15) is 11.5 Å². The molecule has 0 aliphatic rings. The number of nitro benzene ring substituents is 1. The van der Waals surface area contributed by atoms with Crippen LogP contribution in [0.2, 0.25) is 0 Å². The Morgan fingerprint density at radius 3 is 2.65 bits per heavy atom. The van der Waals surface area contributed by atoms with Crippen molar-refractivity contribution in [3.05, 3.63) is 62.4 Å². The summed E-state index contributed by atoms with van der Waals surface area (Å²) < 4.78 is 19.7. The fourth-order valence-corrected chi connectivity index (χ4v) is 1.92. The van der Waals surface area contributed by atoms with Crippen LogP contribution in [0, 0.1) is 15.9 Å². The zero-order valence-electron chi connectivity index (χ0n) is 10.0. The maximum atomic E-state index is 13.5. The van der Waals surface area contributed by atoms with Gasteiger partial charge in [-0.2, -0.15) is 4.39 Å². The van der Waals surface area contributed by atoms with Crippen LogP contribution in [0.3, 0.4) is 0 Å². The van der Waals surface area contributed by atoms with E-state index in [-0.39, 0.29) is 12.4 Å². The fourth-order valence-electron chi connectivity index (χ4n) is 1.58. The van der Waals surface area contributed by atoms with Crippen molar-refractivity contribution in [1.82, 2.24) is 0 Å². The minimum Gasteiger partial charge on any atom is -0.457 e. The molecule has 0 saturated carbocycles. The van der Waals surface area contributed by atoms with Gasteiger partial charge in [-0.15, -0.1) is 0 Å². The van der Waals surface area contributed by atoms with Crippen LogP contribution in [0.25, 0.3) is 0 Å². The molecule has 0 unspecified atom stereocenters. The second-order valence-electron chi connectivity index (χ2n) is 3.88. The maximum absolute atomic E-state index is 13.5. The molecule has 104 valence electrons. The molecule has 1 N–H and O–H groups in total. The van der Waals surface area contributed by atoms with Gasteiger partial charge in [0.2, 0.25) is 5.82 Å². The molecule has 2 rings (SSSR count). The highest BCUT2D eigenvalue weighted by Gasteiger charge is 2.15. The van der Waals surface area contributed by atoms with E-state index < -0.39 is 16.4 Å². The number of ether oxygens (including phenoxy) is 1. The summed E-state index contributed by atoms with van der Waals surface area (Å²) in [5.74, 6) is -0.524. The first-order valence-electron chi connectivity index (χ1n) is 5.52. The van der Waals surface area contributed by atoms with Crippen LogP contribution in [0.5, 0.6) is 11.5 Å². The molecular formula is C13H9BrFNO4. The van der Waals surface area contributed by atoms with Crippen LogP contribution in [0.4, 0.5) is 10.1 Å². The second kappa shape index (κ2) is 5.98. The Morgan fingerprint density at radius 2 is 2.05 bits per heavy atom. The number of aliphatic hydroxyl groups excluding tert-OH is 1. The minimum absolute atomic E-state index is 0.112. The Bertz CT molecular complexity index is 663. The van der Waals surface area contributed by atoms with E-state index in [1.54, 1.807) is 18.2 Å². The summed E-state index contributed by atoms with van der Waals surface area (Å²) in [4.78, 5) is 9.71. The quantitative estimate of drug-likeness (QED) is 0.678. The Morgan fingerprint density at radius 1 is 1.30 bits per heavy atom. The molecule has 0 radical (unpaired) electrons. The number of halogens is 2. The molecule has 20 heavy (non-hydrogen) atoms. The topological polar surface area (TPSA) is 72.6 Å². The average molecular weight is 342 g/mol. The Balaban J connectivity index is 2.33. The third-order valence-corrected chi connectivity index (χ3v) is 3.04. The van der Waals surface area contributed by atoms with Gasteiger partial charge in [0, 0.05) is 22.2 Å². The first kappa shape index (κ1) is 14.4. The third kappa shape index (κ3) is 3.12. The van der Waals surface area contributed by atoms with E-state index in [4.69, 9.17) is 4.74 Å². The van der Waals surface area contributed by atoms with E-state index in [0.717, 1.165) is 16.6 Å². The summed E-state index contributed by atoms with van der Waals surface area (Å²) in [7, 11) is 0. The number of aliphatic hydroxyl groups is 1. The highest BCUT2D eigenvalue weighted by atomic mass is 79.9. The molecule has 0 atom stereocenters. The summed E-state index contributed by atoms with van der Waals surface area (Å²) in [6.45, 7) is -0.238. The fraction of sp³-hybridized carbons (Fsp3) is 0.0769. The van der Waals surface area contributed by atoms with E-state index in [1.807, 2.05) is 0 Å². The van der Waals surface area contributed by atoms with Crippen molar-refractivity contribution < 1.29 is 19.2 Å². The van der Waals surface area contributed by atoms with Crippen molar-refractivity contribution in [2.75, 3.05) is 0 Å². The van der Waals surface area contributed by atoms with E-state index in [0.29, 0.717) is 11.3 Å². The molecule has 0 heterocycles. The lowest BCUT2D eigenvalue weighted by molar-refractivity contribution is -0.387. The molecule has 0 aliphatic carbocycles.